The van der Waals surface area contributed by atoms with E-state index in [1.165, 1.54) is 24.3 Å². The maximum atomic E-state index is 12.9. The standard InChI is InChI=1S/C14H18FNO3S2/c1-2-21(18,19)14-10-20-8-7-16(14)9-13(17)11-3-5-12(15)6-4-11/h3-6,14H,2,7-10H2,1H3. The van der Waals surface area contributed by atoms with Gasteiger partial charge in [0.15, 0.2) is 15.6 Å². The van der Waals surface area contributed by atoms with Crippen LogP contribution in [0.15, 0.2) is 24.3 Å². The Balaban J connectivity index is 2.12. The van der Waals surface area contributed by atoms with Gasteiger partial charge in [-0.25, -0.2) is 12.8 Å². The zero-order valence-electron chi connectivity index (χ0n) is 11.8. The number of ketones is 1. The normalized spacial score (nSPS) is 20.4. The Bertz CT molecular complexity index is 601. The molecule has 1 aromatic carbocycles. The molecule has 116 valence electrons. The van der Waals surface area contributed by atoms with E-state index < -0.39 is 21.0 Å². The first-order valence-corrected chi connectivity index (χ1v) is 9.63. The largest absolute Gasteiger partial charge is 0.293 e. The van der Waals surface area contributed by atoms with E-state index in [1.54, 1.807) is 23.6 Å². The van der Waals surface area contributed by atoms with Gasteiger partial charge in [0.2, 0.25) is 0 Å². The highest BCUT2D eigenvalue weighted by Gasteiger charge is 2.33. The highest BCUT2D eigenvalue weighted by Crippen LogP contribution is 2.21. The van der Waals surface area contributed by atoms with Gasteiger partial charge in [0.05, 0.1) is 6.54 Å². The molecule has 2 rings (SSSR count). The Hall–Kier alpha value is -0.920. The van der Waals surface area contributed by atoms with Crippen molar-refractivity contribution in [2.45, 2.75) is 12.3 Å². The number of thioether (sulfide) groups is 1. The van der Waals surface area contributed by atoms with Crippen LogP contribution in [0.25, 0.3) is 0 Å². The summed E-state index contributed by atoms with van der Waals surface area (Å²) in [6.07, 6.45) is 0. The molecule has 1 fully saturated rings. The monoisotopic (exact) mass is 331 g/mol. The highest BCUT2D eigenvalue weighted by atomic mass is 32.2. The number of carbonyl (C=O) groups is 1. The minimum absolute atomic E-state index is 0.0517. The number of benzene rings is 1. The first kappa shape index (κ1) is 16.5. The number of rotatable bonds is 5. The third kappa shape index (κ3) is 4.05. The first-order valence-electron chi connectivity index (χ1n) is 6.76. The van der Waals surface area contributed by atoms with Gasteiger partial charge in [-0.05, 0) is 24.3 Å². The van der Waals surface area contributed by atoms with E-state index in [1.807, 2.05) is 0 Å². The number of nitrogens with zero attached hydrogens (tertiary/aromatic N) is 1. The fraction of sp³-hybridized carbons (Fsp3) is 0.500. The second-order valence-electron chi connectivity index (χ2n) is 4.88. The van der Waals surface area contributed by atoms with Crippen molar-refractivity contribution >= 4 is 27.4 Å². The lowest BCUT2D eigenvalue weighted by atomic mass is 10.1. The van der Waals surface area contributed by atoms with Gasteiger partial charge in [-0.3, -0.25) is 9.69 Å². The zero-order chi connectivity index (χ0) is 15.5. The lowest BCUT2D eigenvalue weighted by molar-refractivity contribution is 0.0928. The summed E-state index contributed by atoms with van der Waals surface area (Å²) in [5.74, 6) is 0.796. The number of sulfone groups is 1. The van der Waals surface area contributed by atoms with Gasteiger partial charge < -0.3 is 0 Å². The summed E-state index contributed by atoms with van der Waals surface area (Å²) in [7, 11) is -3.21. The molecule has 0 spiro atoms. The minimum Gasteiger partial charge on any atom is -0.293 e. The molecule has 1 saturated heterocycles. The second-order valence-corrected chi connectivity index (χ2v) is 8.48. The van der Waals surface area contributed by atoms with E-state index >= 15 is 0 Å². The molecule has 1 aromatic rings. The van der Waals surface area contributed by atoms with E-state index in [-0.39, 0.29) is 18.1 Å². The van der Waals surface area contributed by atoms with Gasteiger partial charge in [0.1, 0.15) is 11.2 Å². The molecule has 1 heterocycles. The molecule has 0 bridgehead atoms. The first-order chi connectivity index (χ1) is 9.94. The van der Waals surface area contributed by atoms with Crippen LogP contribution in [0, 0.1) is 5.82 Å². The predicted octanol–water partition coefficient (Wildman–Crippen LogP) is 1.82. The van der Waals surface area contributed by atoms with Crippen LogP contribution in [0.5, 0.6) is 0 Å². The molecule has 0 amide bonds. The maximum absolute atomic E-state index is 12.9. The number of hydrogen-bond acceptors (Lipinski definition) is 5. The number of hydrogen-bond donors (Lipinski definition) is 0. The summed E-state index contributed by atoms with van der Waals surface area (Å²) in [6, 6.07) is 5.33. The summed E-state index contributed by atoms with van der Waals surface area (Å²) < 4.78 is 37.1. The molecule has 4 nitrogen and oxygen atoms in total. The van der Waals surface area contributed by atoms with Crippen LogP contribution >= 0.6 is 11.8 Å². The molecule has 0 N–H and O–H groups in total. The van der Waals surface area contributed by atoms with E-state index in [4.69, 9.17) is 0 Å². The summed E-state index contributed by atoms with van der Waals surface area (Å²) in [5.41, 5.74) is 0.405. The Labute approximate surface area is 128 Å². The van der Waals surface area contributed by atoms with E-state index in [2.05, 4.69) is 0 Å². The van der Waals surface area contributed by atoms with Crippen molar-refractivity contribution in [3.63, 3.8) is 0 Å². The molecule has 21 heavy (non-hydrogen) atoms. The summed E-state index contributed by atoms with van der Waals surface area (Å²) in [4.78, 5) is 13.9. The molecule has 7 heteroatoms. The average molecular weight is 331 g/mol. The van der Waals surface area contributed by atoms with Gasteiger partial charge in [0, 0.05) is 29.4 Å². The molecular formula is C14H18FNO3S2. The lowest BCUT2D eigenvalue weighted by Crippen LogP contribution is -2.49. The van der Waals surface area contributed by atoms with Gasteiger partial charge in [-0.1, -0.05) is 6.92 Å². The Kier molecular flexibility index (Phi) is 5.40. The molecular weight excluding hydrogens is 313 g/mol. The summed E-state index contributed by atoms with van der Waals surface area (Å²) in [5, 5.41) is -0.606. The Morgan fingerprint density at radius 2 is 2.05 bits per heavy atom. The van der Waals surface area contributed by atoms with Crippen LogP contribution in [0.3, 0.4) is 0 Å². The molecule has 0 saturated carbocycles. The fourth-order valence-corrected chi connectivity index (χ4v) is 5.31. The van der Waals surface area contributed by atoms with Crippen molar-refractivity contribution in [2.24, 2.45) is 0 Å². The van der Waals surface area contributed by atoms with Crippen molar-refractivity contribution in [3.8, 4) is 0 Å². The van der Waals surface area contributed by atoms with Crippen LogP contribution in [-0.4, -0.2) is 54.8 Å². The second kappa shape index (κ2) is 6.89. The molecule has 0 aromatic heterocycles. The SMILES string of the molecule is CCS(=O)(=O)C1CSCCN1CC(=O)c1ccc(F)cc1. The van der Waals surface area contributed by atoms with Crippen molar-refractivity contribution in [1.82, 2.24) is 4.90 Å². The zero-order valence-corrected chi connectivity index (χ0v) is 13.4. The average Bonchev–Trinajstić information content (AvgIpc) is 2.48. The Morgan fingerprint density at radius 1 is 1.38 bits per heavy atom. The quantitative estimate of drug-likeness (QED) is 0.771. The van der Waals surface area contributed by atoms with Crippen LogP contribution in [-0.2, 0) is 9.84 Å². The third-order valence-electron chi connectivity index (χ3n) is 3.52. The molecule has 1 atom stereocenters. The summed E-state index contributed by atoms with van der Waals surface area (Å²) >= 11 is 1.59. The fourth-order valence-electron chi connectivity index (χ4n) is 2.23. The van der Waals surface area contributed by atoms with Crippen molar-refractivity contribution in [2.75, 3.05) is 30.3 Å². The molecule has 1 aliphatic heterocycles. The van der Waals surface area contributed by atoms with Crippen LogP contribution < -0.4 is 0 Å². The predicted molar refractivity (Wildman–Crippen MR) is 82.9 cm³/mol. The van der Waals surface area contributed by atoms with Crippen molar-refractivity contribution in [1.29, 1.82) is 0 Å². The molecule has 1 aliphatic rings. The topological polar surface area (TPSA) is 54.5 Å². The van der Waals surface area contributed by atoms with E-state index in [0.29, 0.717) is 17.9 Å². The minimum atomic E-state index is -3.21. The van der Waals surface area contributed by atoms with Gasteiger partial charge >= 0.3 is 0 Å². The van der Waals surface area contributed by atoms with Gasteiger partial charge in [-0.15, -0.1) is 0 Å². The van der Waals surface area contributed by atoms with Crippen LogP contribution in [0.4, 0.5) is 4.39 Å². The summed E-state index contributed by atoms with van der Waals surface area (Å²) in [6.45, 7) is 2.24. The molecule has 0 aliphatic carbocycles. The maximum Gasteiger partial charge on any atom is 0.176 e. The van der Waals surface area contributed by atoms with Crippen molar-refractivity contribution in [3.05, 3.63) is 35.6 Å². The van der Waals surface area contributed by atoms with Gasteiger partial charge in [-0.2, -0.15) is 11.8 Å². The van der Waals surface area contributed by atoms with Crippen LogP contribution in [0.1, 0.15) is 17.3 Å². The number of carbonyl (C=O) groups excluding carboxylic acids is 1. The highest BCUT2D eigenvalue weighted by molar-refractivity contribution is 8.01. The lowest BCUT2D eigenvalue weighted by Gasteiger charge is -2.34. The Morgan fingerprint density at radius 3 is 2.67 bits per heavy atom. The number of halogens is 1. The third-order valence-corrected chi connectivity index (χ3v) is 6.85. The number of Topliss-reactive ketones (excluding diaryl/α,β-unsaturated/α-hetero) is 1. The van der Waals surface area contributed by atoms with Gasteiger partial charge in [0.25, 0.3) is 0 Å². The van der Waals surface area contributed by atoms with E-state index in [9.17, 15) is 17.6 Å². The van der Waals surface area contributed by atoms with E-state index in [0.717, 1.165) is 5.75 Å². The smallest absolute Gasteiger partial charge is 0.176 e. The molecule has 1 unspecified atom stereocenters. The van der Waals surface area contributed by atoms with Crippen molar-refractivity contribution < 1.29 is 17.6 Å². The van der Waals surface area contributed by atoms with Crippen LogP contribution in [0.2, 0.25) is 0 Å². The molecule has 0 radical (unpaired) electrons.